The van der Waals surface area contributed by atoms with Gasteiger partial charge in [0.05, 0.1) is 30.9 Å². The molecule has 1 saturated heterocycles. The van der Waals surface area contributed by atoms with Crippen LogP contribution in [0.5, 0.6) is 0 Å². The Bertz CT molecular complexity index is 827. The van der Waals surface area contributed by atoms with Gasteiger partial charge in [-0.05, 0) is 29.3 Å². The minimum absolute atomic E-state index is 0.186. The van der Waals surface area contributed by atoms with Gasteiger partial charge in [-0.15, -0.1) is 0 Å². The number of hydrogen-bond acceptors (Lipinski definition) is 4. The smallest absolute Gasteiger partial charge is 0.261 e. The molecule has 2 aromatic carbocycles. The Morgan fingerprint density at radius 1 is 0.885 bits per heavy atom. The van der Waals surface area contributed by atoms with Crippen LogP contribution in [0, 0.1) is 0 Å². The summed E-state index contributed by atoms with van der Waals surface area (Å²) >= 11 is 6.44. The first-order valence-electron chi connectivity index (χ1n) is 8.67. The first kappa shape index (κ1) is 17.2. The van der Waals surface area contributed by atoms with Gasteiger partial charge in [-0.3, -0.25) is 19.4 Å². The number of imide groups is 1. The molecule has 26 heavy (non-hydrogen) atoms. The molecule has 4 rings (SSSR count). The molecule has 5 nitrogen and oxygen atoms in total. The average Bonchev–Trinajstić information content (AvgIpc) is 2.90. The van der Waals surface area contributed by atoms with Crippen LogP contribution in [0.3, 0.4) is 0 Å². The largest absolute Gasteiger partial charge is 0.379 e. The van der Waals surface area contributed by atoms with Crippen molar-refractivity contribution in [2.24, 2.45) is 0 Å². The minimum atomic E-state index is -0.261. The predicted octanol–water partition coefficient (Wildman–Crippen LogP) is 2.97. The lowest BCUT2D eigenvalue weighted by Gasteiger charge is -2.28. The van der Waals surface area contributed by atoms with E-state index in [0.29, 0.717) is 29.4 Å². The number of amides is 2. The fraction of sp³-hybridized carbons (Fsp3) is 0.300. The zero-order valence-corrected chi connectivity index (χ0v) is 15.0. The van der Waals surface area contributed by atoms with E-state index in [2.05, 4.69) is 4.90 Å². The van der Waals surface area contributed by atoms with Crippen LogP contribution < -0.4 is 0 Å². The number of hydrogen-bond donors (Lipinski definition) is 0. The maximum absolute atomic E-state index is 12.7. The molecule has 134 valence electrons. The molecule has 6 heteroatoms. The highest BCUT2D eigenvalue weighted by atomic mass is 35.5. The summed E-state index contributed by atoms with van der Waals surface area (Å²) in [5.41, 5.74) is 2.78. The standard InChI is InChI=1S/C20H19ClN2O3/c21-18-7-3-4-14(12-22-8-10-26-11-9-22)17(18)13-23-19(24)15-5-1-2-6-16(15)20(23)25/h1-7H,8-13H2. The number of ether oxygens (including phenoxy) is 1. The average molecular weight is 371 g/mol. The van der Waals surface area contributed by atoms with E-state index >= 15 is 0 Å². The van der Waals surface area contributed by atoms with Gasteiger partial charge in [0.2, 0.25) is 0 Å². The van der Waals surface area contributed by atoms with Crippen molar-refractivity contribution in [1.82, 2.24) is 9.80 Å². The van der Waals surface area contributed by atoms with Gasteiger partial charge in [-0.1, -0.05) is 35.9 Å². The summed E-state index contributed by atoms with van der Waals surface area (Å²) < 4.78 is 5.40. The van der Waals surface area contributed by atoms with E-state index in [0.717, 1.165) is 30.8 Å². The third kappa shape index (κ3) is 3.14. The molecule has 2 aromatic rings. The molecule has 2 heterocycles. The van der Waals surface area contributed by atoms with E-state index in [1.807, 2.05) is 12.1 Å². The van der Waals surface area contributed by atoms with Crippen LogP contribution in [0.25, 0.3) is 0 Å². The zero-order valence-electron chi connectivity index (χ0n) is 14.3. The van der Waals surface area contributed by atoms with Crippen LogP contribution in [0.15, 0.2) is 42.5 Å². The Balaban J connectivity index is 1.60. The van der Waals surface area contributed by atoms with Gasteiger partial charge in [0, 0.05) is 24.7 Å². The molecule has 0 unspecified atom stereocenters. The van der Waals surface area contributed by atoms with Crippen molar-refractivity contribution < 1.29 is 14.3 Å². The Kier molecular flexibility index (Phi) is 4.76. The Morgan fingerprint density at radius 3 is 2.19 bits per heavy atom. The predicted molar refractivity (Wildman–Crippen MR) is 98.2 cm³/mol. The maximum atomic E-state index is 12.7. The molecule has 0 atom stereocenters. The molecule has 0 bridgehead atoms. The van der Waals surface area contributed by atoms with E-state index < -0.39 is 0 Å². The number of nitrogens with zero attached hydrogens (tertiary/aromatic N) is 2. The van der Waals surface area contributed by atoms with Crippen molar-refractivity contribution >= 4 is 23.4 Å². The number of rotatable bonds is 4. The van der Waals surface area contributed by atoms with E-state index in [4.69, 9.17) is 16.3 Å². The Hall–Kier alpha value is -2.21. The third-order valence-electron chi connectivity index (χ3n) is 4.91. The molecular weight excluding hydrogens is 352 g/mol. The molecule has 0 aliphatic carbocycles. The van der Waals surface area contributed by atoms with E-state index in [9.17, 15) is 9.59 Å². The first-order chi connectivity index (χ1) is 12.6. The second-order valence-electron chi connectivity index (χ2n) is 6.51. The van der Waals surface area contributed by atoms with Crippen LogP contribution in [-0.4, -0.2) is 47.9 Å². The number of morpholine rings is 1. The second-order valence-corrected chi connectivity index (χ2v) is 6.92. The van der Waals surface area contributed by atoms with E-state index in [1.54, 1.807) is 30.3 Å². The minimum Gasteiger partial charge on any atom is -0.379 e. The van der Waals surface area contributed by atoms with Gasteiger partial charge in [0.15, 0.2) is 0 Å². The molecule has 0 radical (unpaired) electrons. The van der Waals surface area contributed by atoms with Crippen molar-refractivity contribution in [2.75, 3.05) is 26.3 Å². The molecule has 0 N–H and O–H groups in total. The monoisotopic (exact) mass is 370 g/mol. The van der Waals surface area contributed by atoms with Crippen molar-refractivity contribution in [3.8, 4) is 0 Å². The Morgan fingerprint density at radius 2 is 1.54 bits per heavy atom. The number of carbonyl (C=O) groups excluding carboxylic acids is 2. The SMILES string of the molecule is O=C1c2ccccc2C(=O)N1Cc1c(Cl)cccc1CN1CCOCC1. The number of halogens is 1. The molecule has 2 aliphatic rings. The highest BCUT2D eigenvalue weighted by Crippen LogP contribution is 2.29. The number of carbonyl (C=O) groups is 2. The van der Waals surface area contributed by atoms with E-state index in [1.165, 1.54) is 4.90 Å². The molecule has 0 spiro atoms. The first-order valence-corrected chi connectivity index (χ1v) is 9.04. The van der Waals surface area contributed by atoms with Crippen molar-refractivity contribution in [1.29, 1.82) is 0 Å². The summed E-state index contributed by atoms with van der Waals surface area (Å²) in [6, 6.07) is 12.6. The topological polar surface area (TPSA) is 49.9 Å². The Labute approximate surface area is 157 Å². The van der Waals surface area contributed by atoms with Crippen LogP contribution in [0.2, 0.25) is 5.02 Å². The molecule has 1 fully saturated rings. The van der Waals surface area contributed by atoms with Crippen LogP contribution >= 0.6 is 11.6 Å². The fourth-order valence-corrected chi connectivity index (χ4v) is 3.72. The van der Waals surface area contributed by atoms with Crippen molar-refractivity contribution in [2.45, 2.75) is 13.1 Å². The highest BCUT2D eigenvalue weighted by molar-refractivity contribution is 6.31. The number of fused-ring (bicyclic) bond motifs is 1. The summed E-state index contributed by atoms with van der Waals surface area (Å²) in [6.45, 7) is 4.06. The third-order valence-corrected chi connectivity index (χ3v) is 5.26. The lowest BCUT2D eigenvalue weighted by Crippen LogP contribution is -2.36. The quantitative estimate of drug-likeness (QED) is 0.776. The van der Waals surface area contributed by atoms with Gasteiger partial charge < -0.3 is 4.74 Å². The maximum Gasteiger partial charge on any atom is 0.261 e. The van der Waals surface area contributed by atoms with Gasteiger partial charge >= 0.3 is 0 Å². The molecule has 0 saturated carbocycles. The lowest BCUT2D eigenvalue weighted by molar-refractivity contribution is 0.0340. The number of benzene rings is 2. The highest BCUT2D eigenvalue weighted by Gasteiger charge is 2.35. The summed E-state index contributed by atoms with van der Waals surface area (Å²) in [5.74, 6) is -0.523. The molecule has 0 aromatic heterocycles. The van der Waals surface area contributed by atoms with Gasteiger partial charge in [-0.25, -0.2) is 0 Å². The lowest BCUT2D eigenvalue weighted by atomic mass is 10.1. The summed E-state index contributed by atoms with van der Waals surface area (Å²) in [6.07, 6.45) is 0. The van der Waals surface area contributed by atoms with Crippen LogP contribution in [0.1, 0.15) is 31.8 Å². The van der Waals surface area contributed by atoms with Crippen LogP contribution in [-0.2, 0) is 17.8 Å². The molecular formula is C20H19ClN2O3. The summed E-state index contributed by atoms with van der Waals surface area (Å²) in [7, 11) is 0. The van der Waals surface area contributed by atoms with E-state index in [-0.39, 0.29) is 18.4 Å². The van der Waals surface area contributed by atoms with Crippen molar-refractivity contribution in [3.63, 3.8) is 0 Å². The van der Waals surface area contributed by atoms with Crippen LogP contribution in [0.4, 0.5) is 0 Å². The van der Waals surface area contributed by atoms with Gasteiger partial charge in [-0.2, -0.15) is 0 Å². The van der Waals surface area contributed by atoms with Crippen molar-refractivity contribution in [3.05, 3.63) is 69.7 Å². The van der Waals surface area contributed by atoms with Gasteiger partial charge in [0.25, 0.3) is 11.8 Å². The fourth-order valence-electron chi connectivity index (χ4n) is 3.47. The second kappa shape index (κ2) is 7.19. The zero-order chi connectivity index (χ0) is 18.1. The normalized spacial score (nSPS) is 17.7. The molecule has 2 aliphatic heterocycles. The summed E-state index contributed by atoms with van der Waals surface area (Å²) in [4.78, 5) is 28.9. The molecule has 2 amide bonds. The summed E-state index contributed by atoms with van der Waals surface area (Å²) in [5, 5.41) is 0.576. The van der Waals surface area contributed by atoms with Gasteiger partial charge in [0.1, 0.15) is 0 Å².